The number of nitrogens with one attached hydrogen (secondary N) is 4. The van der Waals surface area contributed by atoms with Crippen molar-refractivity contribution in [2.75, 3.05) is 21.5 Å². The number of oxazole rings is 1. The highest BCUT2D eigenvalue weighted by atomic mass is 16.3. The minimum Gasteiger partial charge on any atom is -0.436 e. The largest absolute Gasteiger partial charge is 0.436 e. The van der Waals surface area contributed by atoms with E-state index in [2.05, 4.69) is 36.7 Å². The van der Waals surface area contributed by atoms with Crippen molar-refractivity contribution in [2.24, 2.45) is 10.2 Å². The van der Waals surface area contributed by atoms with Crippen LogP contribution in [0.3, 0.4) is 0 Å². The highest BCUT2D eigenvalue weighted by Gasteiger charge is 2.31. The number of rotatable bonds is 9. The number of hydrogen-bond donors (Lipinski definition) is 4. The molecule has 0 atom stereocenters. The number of nitrogens with zero attached hydrogens (tertiary/aromatic N) is 3. The normalized spacial score (nSPS) is 14.6. The highest BCUT2D eigenvalue weighted by molar-refractivity contribution is 6.60. The van der Waals surface area contributed by atoms with Crippen molar-refractivity contribution in [1.29, 1.82) is 0 Å². The molecule has 0 spiro atoms. The summed E-state index contributed by atoms with van der Waals surface area (Å²) in [6, 6.07) is 43.2. The van der Waals surface area contributed by atoms with Crippen LogP contribution in [0.25, 0.3) is 34.7 Å². The first-order chi connectivity index (χ1) is 29.3. The van der Waals surface area contributed by atoms with E-state index in [9.17, 15) is 19.2 Å². The fourth-order valence-corrected chi connectivity index (χ4v) is 6.89. The maximum atomic E-state index is 13.7. The topological polar surface area (TPSA) is 167 Å². The van der Waals surface area contributed by atoms with Gasteiger partial charge in [-0.15, -0.1) is 0 Å². The zero-order chi connectivity index (χ0) is 41.2. The van der Waals surface area contributed by atoms with Crippen molar-refractivity contribution >= 4 is 80.8 Å². The number of Topliss-reactive ketones (excluding diaryl/α,β-unsaturated/α-hetero) is 2. The van der Waals surface area contributed by atoms with Crippen LogP contribution in [0.1, 0.15) is 27.8 Å². The van der Waals surface area contributed by atoms with Crippen LogP contribution in [0.4, 0.5) is 22.7 Å². The summed E-state index contributed by atoms with van der Waals surface area (Å²) >= 11 is 0. The maximum absolute atomic E-state index is 13.7. The van der Waals surface area contributed by atoms with Crippen molar-refractivity contribution in [3.8, 4) is 11.5 Å². The Balaban J connectivity index is 0.923. The number of anilines is 4. The minimum absolute atomic E-state index is 0.0189. The standard InChI is InChI=1S/C48H33N7O5/c1-28-24-31(20-22-39(28)53-55-43-36-19-11-9-13-30(36)26-38(45(43)57)47(59)50-33-16-6-3-7-17-33)48-51-40-23-21-34(27-41(40)60-48)52-54-42-35-18-10-8-12-29(35)25-37(44(42)56)46(58)49-32-14-4-2-5-15-32/h2-27,52-53H,1H3,(H,49,58)(H,50,59). The van der Waals surface area contributed by atoms with E-state index in [0.29, 0.717) is 67.6 Å². The summed E-state index contributed by atoms with van der Waals surface area (Å²) in [4.78, 5) is 58.5. The van der Waals surface area contributed by atoms with Crippen molar-refractivity contribution < 1.29 is 23.6 Å². The third-order valence-corrected chi connectivity index (χ3v) is 9.95. The van der Waals surface area contributed by atoms with Gasteiger partial charge in [0.05, 0.1) is 22.5 Å². The van der Waals surface area contributed by atoms with Gasteiger partial charge in [-0.2, -0.15) is 10.2 Å². The molecule has 1 heterocycles. The van der Waals surface area contributed by atoms with E-state index in [1.165, 1.54) is 0 Å². The van der Waals surface area contributed by atoms with Crippen LogP contribution in [0.5, 0.6) is 0 Å². The first-order valence-corrected chi connectivity index (χ1v) is 18.9. The van der Waals surface area contributed by atoms with E-state index in [-0.39, 0.29) is 22.6 Å². The average Bonchev–Trinajstić information content (AvgIpc) is 3.70. The Labute approximate surface area is 343 Å². The molecular formula is C48H33N7O5. The Morgan fingerprint density at radius 1 is 0.567 bits per heavy atom. The van der Waals surface area contributed by atoms with E-state index in [0.717, 1.165) is 5.56 Å². The zero-order valence-electron chi connectivity index (χ0n) is 31.9. The van der Waals surface area contributed by atoms with E-state index in [1.54, 1.807) is 91.0 Å². The molecular weight excluding hydrogens is 755 g/mol. The van der Waals surface area contributed by atoms with E-state index >= 15 is 0 Å². The summed E-state index contributed by atoms with van der Waals surface area (Å²) in [5.41, 5.74) is 13.7. The number of carbonyl (C=O) groups is 4. The number of hydrogen-bond acceptors (Lipinski definition) is 10. The van der Waals surface area contributed by atoms with Crippen LogP contribution in [0.2, 0.25) is 0 Å². The number of benzene rings is 6. The van der Waals surface area contributed by atoms with Gasteiger partial charge in [0.1, 0.15) is 16.9 Å². The molecule has 2 aliphatic carbocycles. The van der Waals surface area contributed by atoms with Crippen LogP contribution >= 0.6 is 0 Å². The van der Waals surface area contributed by atoms with Crippen LogP contribution in [-0.4, -0.2) is 39.8 Å². The van der Waals surface area contributed by atoms with Gasteiger partial charge >= 0.3 is 0 Å². The van der Waals surface area contributed by atoms with E-state index in [1.807, 2.05) is 73.7 Å². The number of carbonyl (C=O) groups excluding carboxylic acids is 4. The summed E-state index contributed by atoms with van der Waals surface area (Å²) in [6.45, 7) is 1.89. The van der Waals surface area contributed by atoms with Crippen LogP contribution in [-0.2, 0) is 19.2 Å². The molecule has 0 fully saturated rings. The third-order valence-electron chi connectivity index (χ3n) is 9.95. The second-order valence-electron chi connectivity index (χ2n) is 14.0. The molecule has 0 radical (unpaired) electrons. The summed E-state index contributed by atoms with van der Waals surface area (Å²) in [6.07, 6.45) is 3.16. The lowest BCUT2D eigenvalue weighted by Crippen LogP contribution is -2.30. The average molecular weight is 788 g/mol. The number of amides is 2. The molecule has 0 bridgehead atoms. The predicted octanol–water partition coefficient (Wildman–Crippen LogP) is 8.65. The number of para-hydroxylation sites is 2. The Hall–Kier alpha value is -8.51. The van der Waals surface area contributed by atoms with Gasteiger partial charge in [-0.1, -0.05) is 84.9 Å². The molecule has 2 amide bonds. The maximum Gasteiger partial charge on any atom is 0.259 e. The summed E-state index contributed by atoms with van der Waals surface area (Å²) in [5.74, 6) is -1.69. The quantitative estimate of drug-likeness (QED) is 0.0833. The highest BCUT2D eigenvalue weighted by Crippen LogP contribution is 2.31. The Morgan fingerprint density at radius 3 is 1.67 bits per heavy atom. The van der Waals surface area contributed by atoms with Gasteiger partial charge in [0, 0.05) is 34.1 Å². The number of ketones is 2. The van der Waals surface area contributed by atoms with Crippen molar-refractivity contribution in [1.82, 2.24) is 4.98 Å². The van der Waals surface area contributed by atoms with Crippen molar-refractivity contribution in [3.05, 3.63) is 185 Å². The van der Waals surface area contributed by atoms with Gasteiger partial charge in [-0.05, 0) is 90.4 Å². The molecule has 12 nitrogen and oxygen atoms in total. The van der Waals surface area contributed by atoms with Gasteiger partial charge in [0.25, 0.3) is 11.8 Å². The van der Waals surface area contributed by atoms with Crippen LogP contribution in [0.15, 0.2) is 171 Å². The lowest BCUT2D eigenvalue weighted by molar-refractivity contribution is -0.118. The SMILES string of the molecule is Cc1cc(-c2nc3ccc(NN=C4C(=O)C(C(=O)Nc5ccccc5)=Cc5ccccc54)cc3o2)ccc1NN=C1C(=O)C(C(=O)Nc2ccccc2)=Cc2ccccc21. The smallest absolute Gasteiger partial charge is 0.259 e. The number of fused-ring (bicyclic) bond motifs is 3. The van der Waals surface area contributed by atoms with Crippen molar-refractivity contribution in [2.45, 2.75) is 6.92 Å². The van der Waals surface area contributed by atoms with Crippen molar-refractivity contribution in [3.63, 3.8) is 0 Å². The molecule has 2 aliphatic rings. The zero-order valence-corrected chi connectivity index (χ0v) is 31.9. The second kappa shape index (κ2) is 15.8. The van der Waals surface area contributed by atoms with Crippen LogP contribution in [0, 0.1) is 6.92 Å². The fraction of sp³-hybridized carbons (Fsp3) is 0.0208. The molecule has 6 aromatic carbocycles. The Bertz CT molecular complexity index is 3020. The third kappa shape index (κ3) is 7.39. The molecule has 12 heteroatoms. The first kappa shape index (κ1) is 37.1. The molecule has 0 aliphatic heterocycles. The number of aromatic nitrogens is 1. The van der Waals surface area contributed by atoms with Gasteiger partial charge < -0.3 is 15.1 Å². The molecule has 290 valence electrons. The Kier molecular flexibility index (Phi) is 9.76. The van der Waals surface area contributed by atoms with Gasteiger partial charge in [0.2, 0.25) is 17.5 Å². The van der Waals surface area contributed by atoms with E-state index in [4.69, 9.17) is 4.42 Å². The number of hydrazone groups is 2. The van der Waals surface area contributed by atoms with Crippen LogP contribution < -0.4 is 21.5 Å². The molecule has 0 saturated heterocycles. The summed E-state index contributed by atoms with van der Waals surface area (Å²) in [7, 11) is 0. The molecule has 60 heavy (non-hydrogen) atoms. The van der Waals surface area contributed by atoms with Gasteiger partial charge in [-0.3, -0.25) is 30.0 Å². The lowest BCUT2D eigenvalue weighted by atomic mass is 9.89. The molecule has 1 aromatic heterocycles. The predicted molar refractivity (Wildman–Crippen MR) is 233 cm³/mol. The lowest BCUT2D eigenvalue weighted by Gasteiger charge is -2.18. The summed E-state index contributed by atoms with van der Waals surface area (Å²) in [5, 5.41) is 14.6. The molecule has 4 N–H and O–H groups in total. The molecule has 0 saturated carbocycles. The van der Waals surface area contributed by atoms with E-state index < -0.39 is 23.4 Å². The monoisotopic (exact) mass is 787 g/mol. The Morgan fingerprint density at radius 2 is 1.10 bits per heavy atom. The second-order valence-corrected chi connectivity index (χ2v) is 14.0. The minimum atomic E-state index is -0.530. The first-order valence-electron chi connectivity index (χ1n) is 18.9. The molecule has 0 unspecified atom stereocenters. The van der Waals surface area contributed by atoms with Gasteiger partial charge in [0.15, 0.2) is 5.58 Å². The molecule has 9 rings (SSSR count). The van der Waals surface area contributed by atoms with Gasteiger partial charge in [-0.25, -0.2) is 4.98 Å². The summed E-state index contributed by atoms with van der Waals surface area (Å²) < 4.78 is 6.18. The fourth-order valence-electron chi connectivity index (χ4n) is 6.89. The number of aryl methyl sites for hydroxylation is 1. The molecule has 7 aromatic rings.